The number of pyridine rings is 1. The molecule has 0 saturated carbocycles. The summed E-state index contributed by atoms with van der Waals surface area (Å²) in [7, 11) is 0. The summed E-state index contributed by atoms with van der Waals surface area (Å²) in [6.45, 7) is 1.86. The lowest BCUT2D eigenvalue weighted by molar-refractivity contribution is -0.135. The summed E-state index contributed by atoms with van der Waals surface area (Å²) in [5, 5.41) is 8.32. The van der Waals surface area contributed by atoms with Crippen molar-refractivity contribution in [2.45, 2.75) is 13.3 Å². The maximum Gasteiger partial charge on any atom is 0.315 e. The van der Waals surface area contributed by atoms with Crippen molar-refractivity contribution < 1.29 is 9.90 Å². The van der Waals surface area contributed by atoms with Crippen molar-refractivity contribution >= 4 is 5.97 Å². The summed E-state index contributed by atoms with van der Waals surface area (Å²) >= 11 is 0. The van der Waals surface area contributed by atoms with Crippen molar-refractivity contribution in [2.75, 3.05) is 0 Å². The van der Waals surface area contributed by atoms with Crippen molar-refractivity contribution in [2.24, 2.45) is 0 Å². The molecule has 0 saturated heterocycles. The predicted octanol–water partition coefficient (Wildman–Crippen LogP) is 1.22. The van der Waals surface area contributed by atoms with Gasteiger partial charge in [-0.2, -0.15) is 0 Å². The van der Waals surface area contributed by atoms with Crippen LogP contribution < -0.4 is 0 Å². The van der Waals surface area contributed by atoms with E-state index in [-0.39, 0.29) is 6.42 Å². The van der Waals surface area contributed by atoms with E-state index in [0.29, 0.717) is 5.69 Å². The topological polar surface area (TPSA) is 50.2 Å². The van der Waals surface area contributed by atoms with Gasteiger partial charge < -0.3 is 5.11 Å². The highest BCUT2D eigenvalue weighted by atomic mass is 16.4. The van der Waals surface area contributed by atoms with E-state index >= 15 is 0 Å². The molecular formula is C10H9NO2. The number of carbonyl (C=O) groups is 1. The zero-order chi connectivity index (χ0) is 9.68. The molecule has 1 aromatic rings. The molecule has 0 fully saturated rings. The molecular weight excluding hydrogens is 166 g/mol. The standard InChI is InChI=1S/C10H9NO2/c1-8-4-2-5-9(11-8)6-3-7-10(12)13/h2,4-5H,7H2,1H3,(H,12,13). The summed E-state index contributed by atoms with van der Waals surface area (Å²) < 4.78 is 0. The van der Waals surface area contributed by atoms with E-state index in [1.807, 2.05) is 19.1 Å². The number of rotatable bonds is 1. The molecule has 0 atom stereocenters. The number of hydrogen-bond acceptors (Lipinski definition) is 2. The maximum absolute atomic E-state index is 10.1. The molecule has 0 aromatic carbocycles. The lowest BCUT2D eigenvalue weighted by Gasteiger charge is -1.90. The van der Waals surface area contributed by atoms with Crippen molar-refractivity contribution in [1.29, 1.82) is 0 Å². The normalized spacial score (nSPS) is 8.69. The van der Waals surface area contributed by atoms with Crippen LogP contribution >= 0.6 is 0 Å². The number of aryl methyl sites for hydroxylation is 1. The van der Waals surface area contributed by atoms with Gasteiger partial charge in [0, 0.05) is 5.69 Å². The lowest BCUT2D eigenvalue weighted by Crippen LogP contribution is -1.91. The molecule has 0 aliphatic carbocycles. The van der Waals surface area contributed by atoms with Crippen LogP contribution in [0.15, 0.2) is 18.2 Å². The monoisotopic (exact) mass is 175 g/mol. The summed E-state index contributed by atoms with van der Waals surface area (Å²) in [5.41, 5.74) is 1.49. The molecule has 0 aliphatic heterocycles. The van der Waals surface area contributed by atoms with Gasteiger partial charge in [-0.05, 0) is 25.0 Å². The Morgan fingerprint density at radius 1 is 1.62 bits per heavy atom. The van der Waals surface area contributed by atoms with Gasteiger partial charge in [-0.15, -0.1) is 0 Å². The highest BCUT2D eigenvalue weighted by Gasteiger charge is 1.90. The van der Waals surface area contributed by atoms with Gasteiger partial charge in [0.15, 0.2) is 0 Å². The second kappa shape index (κ2) is 4.27. The van der Waals surface area contributed by atoms with Crippen LogP contribution in [0.3, 0.4) is 0 Å². The van der Waals surface area contributed by atoms with Crippen LogP contribution in [-0.2, 0) is 4.79 Å². The predicted molar refractivity (Wildman–Crippen MR) is 48.1 cm³/mol. The molecule has 0 radical (unpaired) electrons. The summed E-state index contributed by atoms with van der Waals surface area (Å²) in [6, 6.07) is 5.46. The third-order valence-corrected chi connectivity index (χ3v) is 1.34. The van der Waals surface area contributed by atoms with Crippen LogP contribution in [0.2, 0.25) is 0 Å². The van der Waals surface area contributed by atoms with Crippen molar-refractivity contribution in [3.8, 4) is 11.8 Å². The van der Waals surface area contributed by atoms with E-state index in [1.165, 1.54) is 0 Å². The van der Waals surface area contributed by atoms with Gasteiger partial charge in [0.2, 0.25) is 0 Å². The van der Waals surface area contributed by atoms with E-state index in [1.54, 1.807) is 6.07 Å². The largest absolute Gasteiger partial charge is 0.481 e. The number of hydrogen-bond donors (Lipinski definition) is 1. The average molecular weight is 175 g/mol. The molecule has 3 nitrogen and oxygen atoms in total. The van der Waals surface area contributed by atoms with Crippen molar-refractivity contribution in [1.82, 2.24) is 4.98 Å². The lowest BCUT2D eigenvalue weighted by atomic mass is 10.3. The molecule has 1 rings (SSSR count). The highest BCUT2D eigenvalue weighted by molar-refractivity contribution is 5.70. The van der Waals surface area contributed by atoms with Gasteiger partial charge in [0.25, 0.3) is 0 Å². The molecule has 0 bridgehead atoms. The van der Waals surface area contributed by atoms with E-state index < -0.39 is 5.97 Å². The minimum Gasteiger partial charge on any atom is -0.481 e. The highest BCUT2D eigenvalue weighted by Crippen LogP contribution is 1.95. The van der Waals surface area contributed by atoms with Gasteiger partial charge in [-0.25, -0.2) is 4.98 Å². The molecule has 1 aromatic heterocycles. The first kappa shape index (κ1) is 9.27. The Morgan fingerprint density at radius 3 is 3.00 bits per heavy atom. The summed E-state index contributed by atoms with van der Waals surface area (Å²) in [6.07, 6.45) is -0.143. The van der Waals surface area contributed by atoms with Crippen LogP contribution in [-0.4, -0.2) is 16.1 Å². The minimum atomic E-state index is -0.917. The first-order valence-electron chi connectivity index (χ1n) is 3.83. The molecule has 66 valence electrons. The fourth-order valence-electron chi connectivity index (χ4n) is 0.823. The molecule has 0 aliphatic rings. The SMILES string of the molecule is Cc1cccc(C#CCC(=O)O)n1. The van der Waals surface area contributed by atoms with E-state index in [9.17, 15) is 4.79 Å². The molecule has 13 heavy (non-hydrogen) atoms. The van der Waals surface area contributed by atoms with Crippen LogP contribution in [0.5, 0.6) is 0 Å². The summed E-state index contributed by atoms with van der Waals surface area (Å²) in [5.74, 6) is 4.27. The Kier molecular flexibility index (Phi) is 3.04. The van der Waals surface area contributed by atoms with E-state index in [2.05, 4.69) is 16.8 Å². The van der Waals surface area contributed by atoms with Gasteiger partial charge in [-0.1, -0.05) is 12.0 Å². The van der Waals surface area contributed by atoms with Crippen molar-refractivity contribution in [3.63, 3.8) is 0 Å². The number of carboxylic acid groups (broad SMARTS) is 1. The first-order valence-corrected chi connectivity index (χ1v) is 3.83. The fraction of sp³-hybridized carbons (Fsp3) is 0.200. The quantitative estimate of drug-likeness (QED) is 0.653. The van der Waals surface area contributed by atoms with Crippen LogP contribution in [0, 0.1) is 18.8 Å². The first-order chi connectivity index (χ1) is 6.18. The third kappa shape index (κ3) is 3.39. The number of carboxylic acids is 1. The van der Waals surface area contributed by atoms with E-state index in [0.717, 1.165) is 5.69 Å². The zero-order valence-corrected chi connectivity index (χ0v) is 7.24. The second-order valence-electron chi connectivity index (χ2n) is 2.54. The number of aromatic nitrogens is 1. The molecule has 0 unspecified atom stereocenters. The Balaban J connectivity index is 2.72. The summed E-state index contributed by atoms with van der Waals surface area (Å²) in [4.78, 5) is 14.2. The third-order valence-electron chi connectivity index (χ3n) is 1.34. The van der Waals surface area contributed by atoms with Crippen LogP contribution in [0.4, 0.5) is 0 Å². The maximum atomic E-state index is 10.1. The minimum absolute atomic E-state index is 0.143. The molecule has 0 spiro atoms. The van der Waals surface area contributed by atoms with Gasteiger partial charge >= 0.3 is 5.97 Å². The molecule has 3 heteroatoms. The zero-order valence-electron chi connectivity index (χ0n) is 7.24. The Labute approximate surface area is 76.4 Å². The van der Waals surface area contributed by atoms with Gasteiger partial charge in [-0.3, -0.25) is 4.79 Å². The van der Waals surface area contributed by atoms with Gasteiger partial charge in [0.05, 0.1) is 0 Å². The van der Waals surface area contributed by atoms with Gasteiger partial charge in [0.1, 0.15) is 12.1 Å². The molecule has 1 heterocycles. The molecule has 0 amide bonds. The van der Waals surface area contributed by atoms with Crippen molar-refractivity contribution in [3.05, 3.63) is 29.6 Å². The average Bonchev–Trinajstić information content (AvgIpc) is 2.03. The van der Waals surface area contributed by atoms with Crippen LogP contribution in [0.1, 0.15) is 17.8 Å². The van der Waals surface area contributed by atoms with E-state index in [4.69, 9.17) is 5.11 Å². The molecule has 1 N–H and O–H groups in total. The smallest absolute Gasteiger partial charge is 0.315 e. The number of aliphatic carboxylic acids is 1. The number of nitrogens with zero attached hydrogens (tertiary/aromatic N) is 1. The second-order valence-corrected chi connectivity index (χ2v) is 2.54. The Morgan fingerprint density at radius 2 is 2.38 bits per heavy atom. The fourth-order valence-corrected chi connectivity index (χ4v) is 0.823. The Bertz CT molecular complexity index is 374. The Hall–Kier alpha value is -1.82. The van der Waals surface area contributed by atoms with Crippen LogP contribution in [0.25, 0.3) is 0 Å².